The second kappa shape index (κ2) is 8.67. The van der Waals surface area contributed by atoms with Crippen LogP contribution in [0.3, 0.4) is 0 Å². The molecule has 1 aliphatic rings. The Bertz CT molecular complexity index is 926. The van der Waals surface area contributed by atoms with E-state index in [1.165, 1.54) is 6.92 Å². The highest BCUT2D eigenvalue weighted by molar-refractivity contribution is 5.98. The molecule has 7 heteroatoms. The zero-order valence-corrected chi connectivity index (χ0v) is 17.2. The van der Waals surface area contributed by atoms with Crippen LogP contribution in [0.2, 0.25) is 0 Å². The van der Waals surface area contributed by atoms with Gasteiger partial charge in [-0.15, -0.1) is 0 Å². The van der Waals surface area contributed by atoms with Gasteiger partial charge < -0.3 is 15.6 Å². The first-order valence-electron chi connectivity index (χ1n) is 9.90. The minimum Gasteiger partial charge on any atom is -0.480 e. The minimum atomic E-state index is -1.39. The van der Waals surface area contributed by atoms with Crippen molar-refractivity contribution in [1.82, 2.24) is 4.90 Å². The summed E-state index contributed by atoms with van der Waals surface area (Å²) in [5, 5.41) is 9.37. The van der Waals surface area contributed by atoms with Gasteiger partial charge in [0.15, 0.2) is 0 Å². The summed E-state index contributed by atoms with van der Waals surface area (Å²) in [6, 6.07) is 13.3. The third-order valence-corrected chi connectivity index (χ3v) is 5.52. The van der Waals surface area contributed by atoms with Gasteiger partial charge in [0.25, 0.3) is 0 Å². The molecule has 2 amide bonds. The van der Waals surface area contributed by atoms with E-state index < -0.39 is 30.1 Å². The standard InChI is InChI=1S/C23H26N2O5/c1-13(2)20(24)21(26)25(14(3)22(27)28)23(29)30-12-19-17-10-6-4-8-15(17)16-9-5-7-11-18(16)19/h4-11,13-14,19-20H,12,24H2,1-3H3,(H,27,28)/t14-,20-/m0/s1. The molecular formula is C23H26N2O5. The summed E-state index contributed by atoms with van der Waals surface area (Å²) in [5.41, 5.74) is 10.1. The van der Waals surface area contributed by atoms with Gasteiger partial charge in [0, 0.05) is 5.92 Å². The maximum atomic E-state index is 12.8. The van der Waals surface area contributed by atoms with Gasteiger partial charge in [0.2, 0.25) is 5.91 Å². The second-order valence-electron chi connectivity index (χ2n) is 7.80. The van der Waals surface area contributed by atoms with Crippen LogP contribution < -0.4 is 5.73 Å². The highest BCUT2D eigenvalue weighted by atomic mass is 16.6. The van der Waals surface area contributed by atoms with Gasteiger partial charge in [-0.2, -0.15) is 0 Å². The van der Waals surface area contributed by atoms with E-state index in [0.29, 0.717) is 4.90 Å². The van der Waals surface area contributed by atoms with Crippen LogP contribution in [-0.4, -0.2) is 46.7 Å². The molecule has 0 aromatic heterocycles. The number of hydrogen-bond acceptors (Lipinski definition) is 5. The molecule has 0 radical (unpaired) electrons. The van der Waals surface area contributed by atoms with Crippen LogP contribution in [0.1, 0.15) is 37.8 Å². The fraction of sp³-hybridized carbons (Fsp3) is 0.348. The van der Waals surface area contributed by atoms with Crippen LogP contribution >= 0.6 is 0 Å². The second-order valence-corrected chi connectivity index (χ2v) is 7.80. The van der Waals surface area contributed by atoms with Crippen molar-refractivity contribution in [3.05, 3.63) is 59.7 Å². The van der Waals surface area contributed by atoms with E-state index in [1.54, 1.807) is 13.8 Å². The monoisotopic (exact) mass is 410 g/mol. The van der Waals surface area contributed by atoms with E-state index in [0.717, 1.165) is 22.3 Å². The topological polar surface area (TPSA) is 110 Å². The Kier molecular flexibility index (Phi) is 6.22. The van der Waals surface area contributed by atoms with E-state index in [1.807, 2.05) is 48.5 Å². The predicted molar refractivity (Wildman–Crippen MR) is 112 cm³/mol. The predicted octanol–water partition coefficient (Wildman–Crippen LogP) is 3.22. The van der Waals surface area contributed by atoms with Gasteiger partial charge in [0.05, 0.1) is 6.04 Å². The lowest BCUT2D eigenvalue weighted by Gasteiger charge is -2.28. The molecule has 1 aliphatic carbocycles. The van der Waals surface area contributed by atoms with Crippen molar-refractivity contribution in [2.75, 3.05) is 6.61 Å². The van der Waals surface area contributed by atoms with Crippen LogP contribution in [0.15, 0.2) is 48.5 Å². The largest absolute Gasteiger partial charge is 0.480 e. The number of amides is 2. The number of hydrogen-bond donors (Lipinski definition) is 2. The van der Waals surface area contributed by atoms with Gasteiger partial charge in [-0.3, -0.25) is 4.79 Å². The molecule has 0 saturated heterocycles. The molecular weight excluding hydrogens is 384 g/mol. The molecule has 2 atom stereocenters. The summed E-state index contributed by atoms with van der Waals surface area (Å²) in [7, 11) is 0. The molecule has 0 heterocycles. The number of nitrogens with zero attached hydrogens (tertiary/aromatic N) is 1. The number of fused-ring (bicyclic) bond motifs is 3. The lowest BCUT2D eigenvalue weighted by molar-refractivity contribution is -0.148. The normalized spacial score (nSPS) is 14.6. The van der Waals surface area contributed by atoms with Crippen molar-refractivity contribution in [2.45, 2.75) is 38.8 Å². The van der Waals surface area contributed by atoms with Gasteiger partial charge >= 0.3 is 12.1 Å². The summed E-state index contributed by atoms with van der Waals surface area (Å²) in [6.45, 7) is 4.70. The Morgan fingerprint density at radius 1 is 1.00 bits per heavy atom. The van der Waals surface area contributed by atoms with Crippen molar-refractivity contribution >= 4 is 18.0 Å². The maximum Gasteiger partial charge on any atom is 0.417 e. The molecule has 0 spiro atoms. The molecule has 3 rings (SSSR count). The van der Waals surface area contributed by atoms with Gasteiger partial charge in [-0.1, -0.05) is 62.4 Å². The number of rotatable bonds is 6. The Morgan fingerprint density at radius 3 is 1.97 bits per heavy atom. The highest BCUT2D eigenvalue weighted by Gasteiger charge is 2.37. The van der Waals surface area contributed by atoms with Gasteiger partial charge in [0.1, 0.15) is 12.6 Å². The van der Waals surface area contributed by atoms with E-state index in [4.69, 9.17) is 10.5 Å². The van der Waals surface area contributed by atoms with E-state index >= 15 is 0 Å². The highest BCUT2D eigenvalue weighted by Crippen LogP contribution is 2.44. The number of benzene rings is 2. The lowest BCUT2D eigenvalue weighted by atomic mass is 9.98. The summed E-state index contributed by atoms with van der Waals surface area (Å²) in [4.78, 5) is 37.6. The molecule has 158 valence electrons. The molecule has 30 heavy (non-hydrogen) atoms. The minimum absolute atomic E-state index is 0.0140. The van der Waals surface area contributed by atoms with Crippen LogP contribution in [0.4, 0.5) is 4.79 Å². The number of nitrogens with two attached hydrogens (primary N) is 1. The smallest absolute Gasteiger partial charge is 0.417 e. The molecule has 2 aromatic carbocycles. The quantitative estimate of drug-likeness (QED) is 0.757. The fourth-order valence-electron chi connectivity index (χ4n) is 3.66. The Balaban J connectivity index is 1.83. The fourth-order valence-corrected chi connectivity index (χ4v) is 3.66. The lowest BCUT2D eigenvalue weighted by Crippen LogP contribution is -2.54. The van der Waals surface area contributed by atoms with Crippen molar-refractivity contribution in [2.24, 2.45) is 11.7 Å². The van der Waals surface area contributed by atoms with Crippen LogP contribution in [-0.2, 0) is 14.3 Å². The first-order chi connectivity index (χ1) is 14.2. The third kappa shape index (κ3) is 3.93. The number of carboxylic acids is 1. The summed E-state index contributed by atoms with van der Waals surface area (Å²) >= 11 is 0. The zero-order valence-electron chi connectivity index (χ0n) is 17.2. The molecule has 0 saturated carbocycles. The summed E-state index contributed by atoms with van der Waals surface area (Å²) in [6.07, 6.45) is -1.01. The zero-order chi connectivity index (χ0) is 22.0. The molecule has 0 bridgehead atoms. The molecule has 0 unspecified atom stereocenters. The van der Waals surface area contributed by atoms with Crippen molar-refractivity contribution in [3.63, 3.8) is 0 Å². The number of imide groups is 1. The number of ether oxygens (including phenoxy) is 1. The molecule has 2 aromatic rings. The number of carbonyl (C=O) groups is 3. The Labute approximate surface area is 175 Å². The first kappa shape index (κ1) is 21.5. The Morgan fingerprint density at radius 2 is 1.50 bits per heavy atom. The molecule has 7 nitrogen and oxygen atoms in total. The molecule has 0 fully saturated rings. The summed E-state index contributed by atoms with van der Waals surface area (Å²) < 4.78 is 5.47. The van der Waals surface area contributed by atoms with Gasteiger partial charge in [-0.05, 0) is 35.1 Å². The SMILES string of the molecule is CC(C)[C@H](N)C(=O)N(C(=O)OCC1c2ccccc2-c2ccccc21)[C@@H](C)C(=O)O. The Hall–Kier alpha value is -3.19. The van der Waals surface area contributed by atoms with E-state index in [2.05, 4.69) is 0 Å². The first-order valence-corrected chi connectivity index (χ1v) is 9.90. The van der Waals surface area contributed by atoms with Crippen molar-refractivity contribution in [3.8, 4) is 11.1 Å². The molecule has 0 aliphatic heterocycles. The number of carboxylic acid groups (broad SMARTS) is 1. The number of aliphatic carboxylic acids is 1. The maximum absolute atomic E-state index is 12.8. The van der Waals surface area contributed by atoms with Crippen LogP contribution in [0, 0.1) is 5.92 Å². The van der Waals surface area contributed by atoms with Crippen LogP contribution in [0.25, 0.3) is 11.1 Å². The van der Waals surface area contributed by atoms with E-state index in [-0.39, 0.29) is 18.4 Å². The third-order valence-electron chi connectivity index (χ3n) is 5.52. The molecule has 3 N–H and O–H groups in total. The average molecular weight is 410 g/mol. The van der Waals surface area contributed by atoms with Gasteiger partial charge in [-0.25, -0.2) is 14.5 Å². The average Bonchev–Trinajstić information content (AvgIpc) is 3.05. The van der Waals surface area contributed by atoms with Crippen molar-refractivity contribution < 1.29 is 24.2 Å². The summed E-state index contributed by atoms with van der Waals surface area (Å²) in [5.74, 6) is -2.54. The van der Waals surface area contributed by atoms with Crippen LogP contribution in [0.5, 0.6) is 0 Å². The van der Waals surface area contributed by atoms with Crippen molar-refractivity contribution in [1.29, 1.82) is 0 Å². The number of carbonyl (C=O) groups excluding carboxylic acids is 2. The van der Waals surface area contributed by atoms with E-state index in [9.17, 15) is 19.5 Å².